The van der Waals surface area contributed by atoms with E-state index in [0.717, 1.165) is 40.7 Å². The Labute approximate surface area is 243 Å². The number of likely N-dealkylation sites (tertiary alicyclic amines) is 1. The van der Waals surface area contributed by atoms with Crippen LogP contribution in [0.3, 0.4) is 0 Å². The van der Waals surface area contributed by atoms with Crippen molar-refractivity contribution in [3.05, 3.63) is 77.4 Å². The van der Waals surface area contributed by atoms with Crippen molar-refractivity contribution in [2.24, 2.45) is 0 Å². The maximum absolute atomic E-state index is 14.9. The van der Waals surface area contributed by atoms with Crippen molar-refractivity contribution in [3.8, 4) is 17.0 Å². The van der Waals surface area contributed by atoms with Gasteiger partial charge in [0.05, 0.1) is 18.7 Å². The van der Waals surface area contributed by atoms with Gasteiger partial charge in [-0.05, 0) is 82.0 Å². The van der Waals surface area contributed by atoms with Crippen molar-refractivity contribution in [3.63, 3.8) is 0 Å². The lowest BCUT2D eigenvalue weighted by Crippen LogP contribution is -2.57. The Balaban J connectivity index is 1.22. The highest BCUT2D eigenvalue weighted by Gasteiger charge is 2.42. The van der Waals surface area contributed by atoms with Crippen molar-refractivity contribution < 1.29 is 18.7 Å². The number of hydrogen-bond acceptors (Lipinski definition) is 6. The van der Waals surface area contributed by atoms with E-state index in [-0.39, 0.29) is 35.8 Å². The standard InChI is InChI=1S/C32H35FN6O3/c1-19-15-20(11-14-34-19)29-23-16-21(7-9-26(23)37-38-29)30(40)35-22-8-10-27(31(41)36-32(2)12-13-32)39(17-22)18-24-25(33)5-4-6-28(24)42-3/h4-7,9,11,14-16,22,27H,8,10,12-13,17-18H2,1-3H3,(H,35,40)(H,36,41)(H,37,38). The summed E-state index contributed by atoms with van der Waals surface area (Å²) in [7, 11) is 1.51. The molecule has 10 heteroatoms. The Morgan fingerprint density at radius 2 is 2.00 bits per heavy atom. The molecule has 42 heavy (non-hydrogen) atoms. The molecule has 6 rings (SSSR count). The number of hydrogen-bond donors (Lipinski definition) is 3. The number of halogens is 1. The minimum atomic E-state index is -0.437. The maximum atomic E-state index is 14.9. The fourth-order valence-electron chi connectivity index (χ4n) is 5.75. The smallest absolute Gasteiger partial charge is 0.251 e. The number of nitrogens with zero attached hydrogens (tertiary/aromatic N) is 3. The molecule has 1 aliphatic carbocycles. The summed E-state index contributed by atoms with van der Waals surface area (Å²) >= 11 is 0. The number of aromatic amines is 1. The molecule has 0 spiro atoms. The summed E-state index contributed by atoms with van der Waals surface area (Å²) in [4.78, 5) is 33.0. The van der Waals surface area contributed by atoms with Crippen molar-refractivity contribution in [2.45, 2.75) is 63.7 Å². The van der Waals surface area contributed by atoms with Gasteiger partial charge in [0.15, 0.2) is 0 Å². The molecule has 0 radical (unpaired) electrons. The molecule has 3 heterocycles. The van der Waals surface area contributed by atoms with E-state index in [9.17, 15) is 14.0 Å². The third-order valence-corrected chi connectivity index (χ3v) is 8.40. The maximum Gasteiger partial charge on any atom is 0.251 e. The number of carbonyl (C=O) groups is 2. The number of H-pyrrole nitrogens is 1. The van der Waals surface area contributed by atoms with E-state index in [1.807, 2.05) is 43.0 Å². The van der Waals surface area contributed by atoms with Crippen molar-refractivity contribution in [1.82, 2.24) is 30.7 Å². The fourth-order valence-corrected chi connectivity index (χ4v) is 5.75. The van der Waals surface area contributed by atoms with Crippen LogP contribution in [0.15, 0.2) is 54.7 Å². The van der Waals surface area contributed by atoms with Gasteiger partial charge in [0.1, 0.15) is 17.3 Å². The van der Waals surface area contributed by atoms with Gasteiger partial charge < -0.3 is 15.4 Å². The molecule has 2 fully saturated rings. The number of aromatic nitrogens is 3. The van der Waals surface area contributed by atoms with Gasteiger partial charge in [0, 0.05) is 58.6 Å². The lowest BCUT2D eigenvalue weighted by atomic mass is 9.95. The van der Waals surface area contributed by atoms with E-state index < -0.39 is 6.04 Å². The SMILES string of the molecule is COc1cccc(F)c1CN1CC(NC(=O)c2ccc3[nH]nc(-c4ccnc(C)c4)c3c2)CCC1C(=O)NC1(C)CC1. The van der Waals surface area contributed by atoms with E-state index in [2.05, 4.69) is 25.8 Å². The average molecular weight is 571 g/mol. The number of fused-ring (bicyclic) bond motifs is 1. The zero-order valence-corrected chi connectivity index (χ0v) is 24.0. The lowest BCUT2D eigenvalue weighted by molar-refractivity contribution is -0.129. The quantitative estimate of drug-likeness (QED) is 0.287. The summed E-state index contributed by atoms with van der Waals surface area (Å²) in [5, 5.41) is 14.7. The van der Waals surface area contributed by atoms with Crippen LogP contribution in [-0.2, 0) is 11.3 Å². The van der Waals surface area contributed by atoms with Gasteiger partial charge in [-0.1, -0.05) is 6.07 Å². The van der Waals surface area contributed by atoms with Gasteiger partial charge in [-0.25, -0.2) is 4.39 Å². The van der Waals surface area contributed by atoms with Crippen LogP contribution in [0.25, 0.3) is 22.2 Å². The number of carbonyl (C=O) groups excluding carboxylic acids is 2. The van der Waals surface area contributed by atoms with E-state index >= 15 is 0 Å². The number of rotatable bonds is 8. The van der Waals surface area contributed by atoms with Crippen molar-refractivity contribution in [1.29, 1.82) is 0 Å². The monoisotopic (exact) mass is 570 g/mol. The number of nitrogens with one attached hydrogen (secondary N) is 3. The first-order valence-corrected chi connectivity index (χ1v) is 14.3. The molecule has 2 aliphatic rings. The third-order valence-electron chi connectivity index (χ3n) is 8.40. The zero-order chi connectivity index (χ0) is 29.4. The Morgan fingerprint density at radius 3 is 2.76 bits per heavy atom. The average Bonchev–Trinajstić information content (AvgIpc) is 3.54. The third kappa shape index (κ3) is 5.72. The zero-order valence-electron chi connectivity index (χ0n) is 24.0. The van der Waals surface area contributed by atoms with Crippen molar-refractivity contribution >= 4 is 22.7 Å². The summed E-state index contributed by atoms with van der Waals surface area (Å²) in [6, 6.07) is 13.4. The number of pyridine rings is 1. The second-order valence-corrected chi connectivity index (χ2v) is 11.7. The van der Waals surface area contributed by atoms with Crippen LogP contribution in [0.1, 0.15) is 54.2 Å². The molecule has 2 atom stereocenters. The summed E-state index contributed by atoms with van der Waals surface area (Å²) < 4.78 is 20.4. The topological polar surface area (TPSA) is 112 Å². The first kappa shape index (κ1) is 27.8. The lowest BCUT2D eigenvalue weighted by Gasteiger charge is -2.39. The van der Waals surface area contributed by atoms with E-state index in [1.165, 1.54) is 13.2 Å². The molecule has 2 aromatic heterocycles. The molecule has 4 aromatic rings. The Hall–Kier alpha value is -4.31. The van der Waals surface area contributed by atoms with E-state index in [4.69, 9.17) is 4.74 Å². The number of piperidine rings is 1. The summed E-state index contributed by atoms with van der Waals surface area (Å²) in [5.74, 6) is -0.221. The Morgan fingerprint density at radius 1 is 1.17 bits per heavy atom. The highest BCUT2D eigenvalue weighted by atomic mass is 19.1. The molecule has 2 aromatic carbocycles. The summed E-state index contributed by atoms with van der Waals surface area (Å²) in [6.07, 6.45) is 4.81. The normalized spacial score (nSPS) is 19.8. The summed E-state index contributed by atoms with van der Waals surface area (Å²) in [5.41, 5.74) is 4.13. The first-order valence-electron chi connectivity index (χ1n) is 14.3. The Bertz CT molecular complexity index is 1650. The first-order chi connectivity index (χ1) is 20.2. The number of benzene rings is 2. The second-order valence-electron chi connectivity index (χ2n) is 11.7. The largest absolute Gasteiger partial charge is 0.496 e. The number of methoxy groups -OCH3 is 1. The number of aryl methyl sites for hydroxylation is 1. The molecule has 2 amide bonds. The predicted octanol–water partition coefficient (Wildman–Crippen LogP) is 4.51. The van der Waals surface area contributed by atoms with Crippen LogP contribution in [0.5, 0.6) is 5.75 Å². The fraction of sp³-hybridized carbons (Fsp3) is 0.375. The number of amides is 2. The van der Waals surface area contributed by atoms with Gasteiger partial charge >= 0.3 is 0 Å². The molecule has 9 nitrogen and oxygen atoms in total. The van der Waals surface area contributed by atoms with Crippen LogP contribution < -0.4 is 15.4 Å². The van der Waals surface area contributed by atoms with Gasteiger partial charge in [0.25, 0.3) is 5.91 Å². The van der Waals surface area contributed by atoms with Crippen molar-refractivity contribution in [2.75, 3.05) is 13.7 Å². The number of ether oxygens (including phenoxy) is 1. The summed E-state index contributed by atoms with van der Waals surface area (Å²) in [6.45, 7) is 4.55. The highest BCUT2D eigenvalue weighted by Crippen LogP contribution is 2.35. The molecule has 1 aliphatic heterocycles. The Kier molecular flexibility index (Phi) is 7.40. The minimum absolute atomic E-state index is 0.0561. The molecular formula is C32H35FN6O3. The van der Waals surface area contributed by atoms with E-state index in [0.29, 0.717) is 36.3 Å². The molecule has 3 N–H and O–H groups in total. The second kappa shape index (κ2) is 11.2. The molecule has 218 valence electrons. The molecule has 2 unspecified atom stereocenters. The molecule has 1 saturated carbocycles. The highest BCUT2D eigenvalue weighted by molar-refractivity contribution is 6.01. The van der Waals surface area contributed by atoms with Crippen LogP contribution in [0, 0.1) is 12.7 Å². The molecule has 0 bridgehead atoms. The van der Waals surface area contributed by atoms with Crippen LogP contribution in [0.2, 0.25) is 0 Å². The van der Waals surface area contributed by atoms with Gasteiger partial charge in [0.2, 0.25) is 5.91 Å². The molecular weight excluding hydrogens is 535 g/mol. The van der Waals surface area contributed by atoms with Crippen LogP contribution in [0.4, 0.5) is 4.39 Å². The van der Waals surface area contributed by atoms with Gasteiger partial charge in [-0.3, -0.25) is 24.6 Å². The molecule has 1 saturated heterocycles. The van der Waals surface area contributed by atoms with Gasteiger partial charge in [-0.15, -0.1) is 0 Å². The van der Waals surface area contributed by atoms with Crippen LogP contribution in [-0.4, -0.2) is 63.2 Å². The predicted molar refractivity (Wildman–Crippen MR) is 157 cm³/mol. The van der Waals surface area contributed by atoms with Gasteiger partial charge in [-0.2, -0.15) is 5.10 Å². The minimum Gasteiger partial charge on any atom is -0.496 e. The van der Waals surface area contributed by atoms with Crippen LogP contribution >= 0.6 is 0 Å². The van der Waals surface area contributed by atoms with E-state index in [1.54, 1.807) is 24.4 Å².